The molecule has 290 valence electrons. The quantitative estimate of drug-likeness (QED) is 0.130. The van der Waals surface area contributed by atoms with Gasteiger partial charge in [0.25, 0.3) is 0 Å². The maximum Gasteiger partial charge on any atom is 0.0892 e. The van der Waals surface area contributed by atoms with Crippen LogP contribution in [0, 0.1) is 13.8 Å². The van der Waals surface area contributed by atoms with Crippen LogP contribution in [0.2, 0.25) is 0 Å². The fourth-order valence-electron chi connectivity index (χ4n) is 7.53. The SMILES string of the molecule is Cc1ccc(-n2c(-c3cccs3)cc(/C=C/c3ccnc(-c4cc(/C=C/c5cc(-c6cccs6)n(-c6ccc(C)cc6)c5-c5cccs5)ccn4)c3)c2-c2cccs2)cc1. The number of hydrogen-bond donors (Lipinski definition) is 0. The van der Waals surface area contributed by atoms with Gasteiger partial charge in [0.2, 0.25) is 0 Å². The van der Waals surface area contributed by atoms with Crippen molar-refractivity contribution in [3.8, 4) is 65.0 Å². The summed E-state index contributed by atoms with van der Waals surface area (Å²) < 4.78 is 4.81. The predicted molar refractivity (Wildman–Crippen MR) is 260 cm³/mol. The van der Waals surface area contributed by atoms with Gasteiger partial charge in [0.05, 0.1) is 53.7 Å². The zero-order valence-electron chi connectivity index (χ0n) is 32.9. The highest BCUT2D eigenvalue weighted by molar-refractivity contribution is 7.14. The van der Waals surface area contributed by atoms with Gasteiger partial charge in [-0.1, -0.05) is 84.0 Å². The molecule has 0 unspecified atom stereocenters. The predicted octanol–water partition coefficient (Wildman–Crippen LogP) is 15.6. The number of pyridine rings is 2. The van der Waals surface area contributed by atoms with Crippen LogP contribution in [0.3, 0.4) is 0 Å². The smallest absolute Gasteiger partial charge is 0.0892 e. The molecule has 10 aromatic rings. The number of aryl methyl sites for hydroxylation is 2. The second-order valence-corrected chi connectivity index (χ2v) is 18.3. The van der Waals surface area contributed by atoms with Gasteiger partial charge in [-0.2, -0.15) is 0 Å². The van der Waals surface area contributed by atoms with E-state index in [4.69, 9.17) is 9.97 Å². The Bertz CT molecular complexity index is 2860. The standard InChI is InChI=1S/C52H38N4S4/c1-35-11-19-41(20-12-35)55-45(47-7-3-27-57-47)33-39(51(55)49-9-5-29-59-49)17-15-37-23-25-53-43(31-37)44-32-38(24-26-54-44)16-18-40-34-46(48-8-4-28-58-48)56(42-21-13-36(2)14-22-42)52(40)50-10-6-30-60-50/h3-34H,1-2H3/b17-15+,18-16+. The van der Waals surface area contributed by atoms with Gasteiger partial charge in [-0.15, -0.1) is 45.3 Å². The lowest BCUT2D eigenvalue weighted by molar-refractivity contribution is 1.10. The number of aromatic nitrogens is 4. The Labute approximate surface area is 366 Å². The third kappa shape index (κ3) is 7.62. The van der Waals surface area contributed by atoms with Crippen molar-refractivity contribution < 1.29 is 0 Å². The number of thiophene rings is 4. The van der Waals surface area contributed by atoms with Crippen LogP contribution in [-0.2, 0) is 0 Å². The summed E-state index contributed by atoms with van der Waals surface area (Å²) in [6.45, 7) is 4.27. The normalized spacial score (nSPS) is 11.7. The average molecular weight is 847 g/mol. The van der Waals surface area contributed by atoms with Crippen LogP contribution in [0.5, 0.6) is 0 Å². The molecule has 10 rings (SSSR count). The highest BCUT2D eigenvalue weighted by atomic mass is 32.1. The first kappa shape index (κ1) is 37.8. The summed E-state index contributed by atoms with van der Waals surface area (Å²) in [6, 6.07) is 47.9. The molecule has 0 aliphatic rings. The molecule has 0 radical (unpaired) electrons. The number of nitrogens with zero attached hydrogens (tertiary/aromatic N) is 4. The molecule has 2 aromatic carbocycles. The zero-order chi connectivity index (χ0) is 40.4. The number of hydrogen-bond acceptors (Lipinski definition) is 6. The molecule has 4 nitrogen and oxygen atoms in total. The van der Waals surface area contributed by atoms with Gasteiger partial charge >= 0.3 is 0 Å². The number of benzene rings is 2. The Morgan fingerprint density at radius 3 is 1.17 bits per heavy atom. The van der Waals surface area contributed by atoms with Crippen molar-refractivity contribution in [1.82, 2.24) is 19.1 Å². The topological polar surface area (TPSA) is 35.6 Å². The molecule has 0 spiro atoms. The van der Waals surface area contributed by atoms with Gasteiger partial charge in [0.15, 0.2) is 0 Å². The molecule has 8 aromatic heterocycles. The summed E-state index contributed by atoms with van der Waals surface area (Å²) >= 11 is 7.05. The van der Waals surface area contributed by atoms with E-state index in [0.717, 1.165) is 45.0 Å². The molecule has 60 heavy (non-hydrogen) atoms. The summed E-state index contributed by atoms with van der Waals surface area (Å²) in [6.07, 6.45) is 12.6. The van der Waals surface area contributed by atoms with E-state index >= 15 is 0 Å². The van der Waals surface area contributed by atoms with E-state index in [0.29, 0.717) is 0 Å². The van der Waals surface area contributed by atoms with Gasteiger partial charge < -0.3 is 9.13 Å². The molecule has 8 heteroatoms. The van der Waals surface area contributed by atoms with E-state index in [-0.39, 0.29) is 0 Å². The monoisotopic (exact) mass is 846 g/mol. The third-order valence-electron chi connectivity index (χ3n) is 10.4. The third-order valence-corrected chi connectivity index (χ3v) is 14.0. The molecule has 0 fully saturated rings. The first-order valence-corrected chi connectivity index (χ1v) is 23.2. The molecule has 0 saturated heterocycles. The molecule has 0 bridgehead atoms. The molecule has 8 heterocycles. The van der Waals surface area contributed by atoms with E-state index in [1.54, 1.807) is 45.3 Å². The van der Waals surface area contributed by atoms with Gasteiger partial charge in [-0.25, -0.2) is 0 Å². The van der Waals surface area contributed by atoms with E-state index in [1.165, 1.54) is 53.4 Å². The van der Waals surface area contributed by atoms with Crippen molar-refractivity contribution in [3.63, 3.8) is 0 Å². The van der Waals surface area contributed by atoms with Gasteiger partial charge in [-0.05, 0) is 131 Å². The second kappa shape index (κ2) is 16.7. The molecular formula is C52H38N4S4. The molecule has 0 amide bonds. The molecule has 0 aliphatic heterocycles. The Kier molecular flexibility index (Phi) is 10.5. The van der Waals surface area contributed by atoms with Crippen molar-refractivity contribution in [2.45, 2.75) is 13.8 Å². The van der Waals surface area contributed by atoms with E-state index in [1.807, 2.05) is 12.4 Å². The van der Waals surface area contributed by atoms with Crippen LogP contribution < -0.4 is 0 Å². The lowest BCUT2D eigenvalue weighted by atomic mass is 10.1. The summed E-state index contributed by atoms with van der Waals surface area (Å²) in [5, 5.41) is 8.59. The average Bonchev–Trinajstić information content (AvgIpc) is 4.14. The van der Waals surface area contributed by atoms with Crippen LogP contribution in [0.25, 0.3) is 89.4 Å². The summed E-state index contributed by atoms with van der Waals surface area (Å²) in [4.78, 5) is 14.5. The lowest BCUT2D eigenvalue weighted by Gasteiger charge is -2.13. The second-order valence-electron chi connectivity index (χ2n) is 14.5. The molecule has 0 atom stereocenters. The van der Waals surface area contributed by atoms with Crippen LogP contribution >= 0.6 is 45.3 Å². The van der Waals surface area contributed by atoms with Crippen molar-refractivity contribution in [2.75, 3.05) is 0 Å². The Morgan fingerprint density at radius 2 is 0.800 bits per heavy atom. The van der Waals surface area contributed by atoms with Crippen LogP contribution in [0.1, 0.15) is 33.4 Å². The maximum absolute atomic E-state index is 4.79. The Morgan fingerprint density at radius 1 is 0.417 bits per heavy atom. The summed E-state index contributed by atoms with van der Waals surface area (Å²) in [5.41, 5.74) is 15.6. The minimum atomic E-state index is 0.826. The Balaban J connectivity index is 0.995. The summed E-state index contributed by atoms with van der Waals surface area (Å²) in [7, 11) is 0. The Hall–Kier alpha value is -6.42. The fourth-order valence-corrected chi connectivity index (χ4v) is 10.6. The van der Waals surface area contributed by atoms with Gasteiger partial charge in [-0.3, -0.25) is 9.97 Å². The van der Waals surface area contributed by atoms with E-state index < -0.39 is 0 Å². The minimum absolute atomic E-state index is 0.826. The van der Waals surface area contributed by atoms with E-state index in [2.05, 4.69) is 202 Å². The highest BCUT2D eigenvalue weighted by Crippen LogP contribution is 2.42. The van der Waals surface area contributed by atoms with E-state index in [9.17, 15) is 0 Å². The lowest BCUT2D eigenvalue weighted by Crippen LogP contribution is -1.98. The van der Waals surface area contributed by atoms with Crippen molar-refractivity contribution in [1.29, 1.82) is 0 Å². The number of rotatable bonds is 11. The summed E-state index contributed by atoms with van der Waals surface area (Å²) in [5.74, 6) is 0. The molecule has 0 N–H and O–H groups in total. The van der Waals surface area contributed by atoms with Gasteiger partial charge in [0.1, 0.15) is 0 Å². The largest absolute Gasteiger partial charge is 0.307 e. The van der Waals surface area contributed by atoms with Crippen molar-refractivity contribution in [3.05, 3.63) is 201 Å². The molecule has 0 aliphatic carbocycles. The molecular weight excluding hydrogens is 809 g/mol. The highest BCUT2D eigenvalue weighted by Gasteiger charge is 2.21. The van der Waals surface area contributed by atoms with Crippen LogP contribution in [0.15, 0.2) is 167 Å². The maximum atomic E-state index is 4.79. The van der Waals surface area contributed by atoms with Crippen LogP contribution in [-0.4, -0.2) is 19.1 Å². The first-order valence-electron chi connectivity index (χ1n) is 19.7. The van der Waals surface area contributed by atoms with Crippen molar-refractivity contribution >= 4 is 69.7 Å². The zero-order valence-corrected chi connectivity index (χ0v) is 36.2. The first-order chi connectivity index (χ1) is 29.6. The van der Waals surface area contributed by atoms with Crippen molar-refractivity contribution in [2.24, 2.45) is 0 Å². The minimum Gasteiger partial charge on any atom is -0.307 e. The fraction of sp³-hybridized carbons (Fsp3) is 0.0385. The molecule has 0 saturated carbocycles. The van der Waals surface area contributed by atoms with Crippen LogP contribution in [0.4, 0.5) is 0 Å². The van der Waals surface area contributed by atoms with Gasteiger partial charge in [0, 0.05) is 34.9 Å².